The maximum atomic E-state index is 13.1. The fourth-order valence-electron chi connectivity index (χ4n) is 4.72. The summed E-state index contributed by atoms with van der Waals surface area (Å²) >= 11 is 0. The predicted octanol–water partition coefficient (Wildman–Crippen LogP) is 3.98. The van der Waals surface area contributed by atoms with Gasteiger partial charge in [0.2, 0.25) is 0 Å². The van der Waals surface area contributed by atoms with Crippen LogP contribution in [0.2, 0.25) is 0 Å². The Labute approximate surface area is 163 Å². The molecule has 0 spiro atoms. The summed E-state index contributed by atoms with van der Waals surface area (Å²) in [4.78, 5) is 22.6. The molecule has 3 heterocycles. The molecule has 1 atom stereocenters. The fraction of sp³-hybridized carbons (Fsp3) is 0.455. The van der Waals surface area contributed by atoms with E-state index in [1.165, 1.54) is 30.5 Å². The van der Waals surface area contributed by atoms with Gasteiger partial charge in [-0.15, -0.1) is 0 Å². The number of hydrogen-bond donors (Lipinski definition) is 1. The first-order valence-electron chi connectivity index (χ1n) is 10.2. The summed E-state index contributed by atoms with van der Waals surface area (Å²) in [7, 11) is 0. The minimum atomic E-state index is -0.197. The van der Waals surface area contributed by atoms with Gasteiger partial charge in [0, 0.05) is 37.2 Å². The lowest BCUT2D eigenvalue weighted by molar-refractivity contribution is 0.0979. The molecule has 5 rings (SSSR count). The van der Waals surface area contributed by atoms with Gasteiger partial charge in [0.1, 0.15) is 17.2 Å². The van der Waals surface area contributed by atoms with Crippen molar-refractivity contribution in [2.24, 2.45) is 0 Å². The molecule has 1 aromatic carbocycles. The molecule has 0 amide bonds. The molecule has 3 aromatic rings. The normalized spacial score (nSPS) is 19.9. The van der Waals surface area contributed by atoms with E-state index in [9.17, 15) is 9.18 Å². The van der Waals surface area contributed by atoms with Gasteiger partial charge in [-0.05, 0) is 37.5 Å². The Morgan fingerprint density at radius 2 is 1.86 bits per heavy atom. The molecule has 146 valence electrons. The van der Waals surface area contributed by atoms with E-state index in [2.05, 4.69) is 28.0 Å². The Kier molecular flexibility index (Phi) is 4.31. The molecule has 1 saturated heterocycles. The zero-order valence-electron chi connectivity index (χ0n) is 16.1. The lowest BCUT2D eigenvalue weighted by Crippen LogP contribution is -2.46. The van der Waals surface area contributed by atoms with Gasteiger partial charge in [-0.3, -0.25) is 14.1 Å². The number of aromatic nitrogens is 3. The Morgan fingerprint density at radius 3 is 2.57 bits per heavy atom. The molecular weight excluding hydrogens is 355 g/mol. The molecular formula is C22H25FN4O. The smallest absolute Gasteiger partial charge is 0.274 e. The second-order valence-corrected chi connectivity index (χ2v) is 8.27. The van der Waals surface area contributed by atoms with Crippen LogP contribution < -0.4 is 5.56 Å². The van der Waals surface area contributed by atoms with Crippen LogP contribution in [0.3, 0.4) is 0 Å². The molecule has 0 radical (unpaired) electrons. The second-order valence-electron chi connectivity index (χ2n) is 8.27. The largest absolute Gasteiger partial charge is 0.321 e. The molecule has 2 aliphatic rings. The van der Waals surface area contributed by atoms with Gasteiger partial charge in [0.05, 0.1) is 11.9 Å². The first-order valence-corrected chi connectivity index (χ1v) is 10.2. The molecule has 5 nitrogen and oxygen atoms in total. The highest BCUT2D eigenvalue weighted by atomic mass is 19.1. The maximum absolute atomic E-state index is 13.1. The molecule has 6 heteroatoms. The standard InChI is InChI=1S/C22H25FN4O/c1-14(26-11-17(12-26)15-6-8-18(23)9-7-15)19-13-27-20(22(28)25-19)10-24-21(27)16-4-2-3-5-16/h6-10,13-14,16-17H,2-5,11-12H2,1H3,(H,25,28). The van der Waals surface area contributed by atoms with Crippen LogP contribution in [0, 0.1) is 5.82 Å². The van der Waals surface area contributed by atoms with E-state index in [0.29, 0.717) is 17.4 Å². The third kappa shape index (κ3) is 2.96. The number of benzene rings is 1. The van der Waals surface area contributed by atoms with E-state index in [0.717, 1.165) is 37.4 Å². The topological polar surface area (TPSA) is 53.4 Å². The second kappa shape index (κ2) is 6.85. The quantitative estimate of drug-likeness (QED) is 0.745. The van der Waals surface area contributed by atoms with Gasteiger partial charge in [-0.25, -0.2) is 9.37 Å². The molecule has 28 heavy (non-hydrogen) atoms. The number of halogens is 1. The van der Waals surface area contributed by atoms with E-state index in [1.54, 1.807) is 6.20 Å². The number of fused-ring (bicyclic) bond motifs is 1. The van der Waals surface area contributed by atoms with Crippen LogP contribution in [-0.4, -0.2) is 32.4 Å². The number of likely N-dealkylation sites (tertiary alicyclic amines) is 1. The Hall–Kier alpha value is -2.47. The summed E-state index contributed by atoms with van der Waals surface area (Å²) in [5.74, 6) is 1.71. The lowest BCUT2D eigenvalue weighted by Gasteiger charge is -2.43. The molecule has 2 aromatic heterocycles. The van der Waals surface area contributed by atoms with Crippen molar-refractivity contribution in [2.75, 3.05) is 13.1 Å². The van der Waals surface area contributed by atoms with Crippen molar-refractivity contribution in [3.63, 3.8) is 0 Å². The van der Waals surface area contributed by atoms with Gasteiger partial charge < -0.3 is 4.98 Å². The van der Waals surface area contributed by atoms with E-state index in [1.807, 2.05) is 16.5 Å². The van der Waals surface area contributed by atoms with Gasteiger partial charge in [-0.2, -0.15) is 0 Å². The van der Waals surface area contributed by atoms with Crippen molar-refractivity contribution >= 4 is 5.52 Å². The van der Waals surface area contributed by atoms with Crippen LogP contribution in [0.25, 0.3) is 5.52 Å². The summed E-state index contributed by atoms with van der Waals surface area (Å²) in [5.41, 5.74) is 2.65. The number of nitrogens with zero attached hydrogens (tertiary/aromatic N) is 3. The van der Waals surface area contributed by atoms with Crippen LogP contribution >= 0.6 is 0 Å². The van der Waals surface area contributed by atoms with Crippen molar-refractivity contribution in [3.8, 4) is 0 Å². The third-order valence-electron chi connectivity index (χ3n) is 6.55. The van der Waals surface area contributed by atoms with E-state index in [4.69, 9.17) is 0 Å². The van der Waals surface area contributed by atoms with Crippen molar-refractivity contribution in [3.05, 3.63) is 69.9 Å². The highest BCUT2D eigenvalue weighted by Gasteiger charge is 2.33. The summed E-state index contributed by atoms with van der Waals surface area (Å²) in [6.45, 7) is 3.95. The van der Waals surface area contributed by atoms with Gasteiger partial charge >= 0.3 is 0 Å². The van der Waals surface area contributed by atoms with Gasteiger partial charge in [0.15, 0.2) is 0 Å². The molecule has 1 unspecified atom stereocenters. The Morgan fingerprint density at radius 1 is 1.14 bits per heavy atom. The first-order chi connectivity index (χ1) is 13.6. The summed E-state index contributed by atoms with van der Waals surface area (Å²) in [6, 6.07) is 6.91. The zero-order chi connectivity index (χ0) is 19.3. The number of hydrogen-bond acceptors (Lipinski definition) is 3. The summed E-state index contributed by atoms with van der Waals surface area (Å²) in [6.07, 6.45) is 8.56. The van der Waals surface area contributed by atoms with E-state index < -0.39 is 0 Å². The van der Waals surface area contributed by atoms with Crippen LogP contribution in [0.4, 0.5) is 4.39 Å². The number of imidazole rings is 1. The van der Waals surface area contributed by atoms with Crippen LogP contribution in [0.15, 0.2) is 41.5 Å². The maximum Gasteiger partial charge on any atom is 0.274 e. The Balaban J connectivity index is 1.38. The van der Waals surface area contributed by atoms with Crippen molar-refractivity contribution in [2.45, 2.75) is 50.5 Å². The monoisotopic (exact) mass is 380 g/mol. The van der Waals surface area contributed by atoms with Gasteiger partial charge in [-0.1, -0.05) is 25.0 Å². The number of aromatic amines is 1. The number of nitrogens with one attached hydrogen (secondary N) is 1. The van der Waals surface area contributed by atoms with Crippen LogP contribution in [0.1, 0.15) is 67.6 Å². The average Bonchev–Trinajstić information content (AvgIpc) is 3.31. The van der Waals surface area contributed by atoms with Crippen LogP contribution in [0.5, 0.6) is 0 Å². The van der Waals surface area contributed by atoms with Crippen molar-refractivity contribution in [1.29, 1.82) is 0 Å². The van der Waals surface area contributed by atoms with E-state index >= 15 is 0 Å². The fourth-order valence-corrected chi connectivity index (χ4v) is 4.72. The molecule has 1 N–H and O–H groups in total. The number of rotatable bonds is 4. The first kappa shape index (κ1) is 17.6. The van der Waals surface area contributed by atoms with E-state index in [-0.39, 0.29) is 17.4 Å². The highest BCUT2D eigenvalue weighted by Crippen LogP contribution is 2.35. The minimum Gasteiger partial charge on any atom is -0.321 e. The predicted molar refractivity (Wildman–Crippen MR) is 106 cm³/mol. The Bertz CT molecular complexity index is 1040. The summed E-state index contributed by atoms with van der Waals surface area (Å²) in [5, 5.41) is 0. The molecule has 2 fully saturated rings. The number of H-pyrrole nitrogens is 1. The molecule has 1 aliphatic carbocycles. The summed E-state index contributed by atoms with van der Waals surface area (Å²) < 4.78 is 15.1. The minimum absolute atomic E-state index is 0.0725. The molecule has 1 aliphatic heterocycles. The van der Waals surface area contributed by atoms with Crippen molar-refractivity contribution < 1.29 is 4.39 Å². The van der Waals surface area contributed by atoms with Crippen molar-refractivity contribution in [1.82, 2.24) is 19.3 Å². The molecule has 0 bridgehead atoms. The van der Waals surface area contributed by atoms with Crippen LogP contribution in [-0.2, 0) is 0 Å². The van der Waals surface area contributed by atoms with Gasteiger partial charge in [0.25, 0.3) is 5.56 Å². The third-order valence-corrected chi connectivity index (χ3v) is 6.55. The SMILES string of the molecule is CC(c1cn2c(C3CCCC3)ncc2c(=O)[nH]1)N1CC(c2ccc(F)cc2)C1. The lowest BCUT2D eigenvalue weighted by atomic mass is 9.90. The average molecular weight is 380 g/mol. The highest BCUT2D eigenvalue weighted by molar-refractivity contribution is 5.44. The zero-order valence-corrected chi connectivity index (χ0v) is 16.1. The molecule has 1 saturated carbocycles.